The van der Waals surface area contributed by atoms with E-state index in [2.05, 4.69) is 10.6 Å². The Morgan fingerprint density at radius 2 is 1.52 bits per heavy atom. The van der Waals surface area contributed by atoms with Crippen molar-refractivity contribution in [3.05, 3.63) is 48.5 Å². The van der Waals surface area contributed by atoms with E-state index in [-0.39, 0.29) is 21.4 Å². The zero-order chi connectivity index (χ0) is 21.8. The highest BCUT2D eigenvalue weighted by molar-refractivity contribution is 7.91. The zero-order valence-corrected chi connectivity index (χ0v) is 17.7. The van der Waals surface area contributed by atoms with E-state index >= 15 is 0 Å². The van der Waals surface area contributed by atoms with Gasteiger partial charge in [-0.25, -0.2) is 16.8 Å². The minimum atomic E-state index is -3.97. The summed E-state index contributed by atoms with van der Waals surface area (Å²) < 4.78 is 49.8. The van der Waals surface area contributed by atoms with Crippen LogP contribution in [0.1, 0.15) is 6.92 Å². The molecule has 0 aromatic heterocycles. The number of amides is 2. The number of nitrogens with zero attached hydrogens (tertiary/aromatic N) is 1. The molecule has 0 saturated heterocycles. The van der Waals surface area contributed by atoms with E-state index in [1.54, 1.807) is 6.07 Å². The predicted octanol–water partition coefficient (Wildman–Crippen LogP) is 1.31. The maximum atomic E-state index is 12.6. The minimum absolute atomic E-state index is 0.0570. The third-order valence-electron chi connectivity index (χ3n) is 3.81. The van der Waals surface area contributed by atoms with Crippen molar-refractivity contribution in [2.24, 2.45) is 0 Å². The van der Waals surface area contributed by atoms with Crippen LogP contribution in [0.25, 0.3) is 0 Å². The van der Waals surface area contributed by atoms with E-state index in [0.29, 0.717) is 5.69 Å². The van der Waals surface area contributed by atoms with Gasteiger partial charge in [0.1, 0.15) is 0 Å². The van der Waals surface area contributed by atoms with E-state index in [9.17, 15) is 26.4 Å². The van der Waals surface area contributed by atoms with Crippen LogP contribution in [0.5, 0.6) is 0 Å². The first-order chi connectivity index (χ1) is 13.4. The highest BCUT2D eigenvalue weighted by Gasteiger charge is 2.24. The number of hydrogen-bond acceptors (Lipinski definition) is 6. The van der Waals surface area contributed by atoms with Crippen LogP contribution >= 0.6 is 0 Å². The van der Waals surface area contributed by atoms with Crippen molar-refractivity contribution in [2.75, 3.05) is 30.5 Å². The van der Waals surface area contributed by atoms with Gasteiger partial charge in [0.15, 0.2) is 9.84 Å². The SMILES string of the molecule is CC(=O)Nc1ccc(S(=O)(=O)N(C)CC(=O)Nc2ccccc2S(C)(=O)=O)cc1. The molecule has 156 valence electrons. The number of sulfone groups is 1. The van der Waals surface area contributed by atoms with Crippen molar-refractivity contribution >= 4 is 43.0 Å². The molecule has 0 bridgehead atoms. The molecule has 0 radical (unpaired) electrons. The molecule has 2 aromatic rings. The maximum Gasteiger partial charge on any atom is 0.243 e. The summed E-state index contributed by atoms with van der Waals surface area (Å²) in [6, 6.07) is 11.3. The predicted molar refractivity (Wildman–Crippen MR) is 109 cm³/mol. The van der Waals surface area contributed by atoms with E-state index in [1.165, 1.54) is 56.4 Å². The summed E-state index contributed by atoms with van der Waals surface area (Å²) in [5, 5.41) is 4.96. The molecule has 0 aliphatic heterocycles. The molecule has 11 heteroatoms. The molecule has 2 rings (SSSR count). The lowest BCUT2D eigenvalue weighted by atomic mass is 10.3. The smallest absolute Gasteiger partial charge is 0.243 e. The first kappa shape index (κ1) is 22.5. The number of likely N-dealkylation sites (N-methyl/N-ethyl adjacent to an activating group) is 1. The summed E-state index contributed by atoms with van der Waals surface area (Å²) in [7, 11) is -6.30. The fraction of sp³-hybridized carbons (Fsp3) is 0.222. The second-order valence-corrected chi connectivity index (χ2v) is 10.3. The molecule has 0 saturated carbocycles. The summed E-state index contributed by atoms with van der Waals surface area (Å²) >= 11 is 0. The largest absolute Gasteiger partial charge is 0.326 e. The third kappa shape index (κ3) is 5.86. The fourth-order valence-electron chi connectivity index (χ4n) is 2.46. The molecule has 0 heterocycles. The van der Waals surface area contributed by atoms with Crippen molar-refractivity contribution < 1.29 is 26.4 Å². The molecule has 2 amide bonds. The molecule has 29 heavy (non-hydrogen) atoms. The number of para-hydroxylation sites is 1. The van der Waals surface area contributed by atoms with Gasteiger partial charge in [-0.2, -0.15) is 4.31 Å². The molecular formula is C18H21N3O6S2. The summed E-state index contributed by atoms with van der Waals surface area (Å²) in [6.07, 6.45) is 1.01. The lowest BCUT2D eigenvalue weighted by molar-refractivity contribution is -0.116. The number of sulfonamides is 1. The second kappa shape index (κ2) is 8.72. The Hall–Kier alpha value is -2.76. The Labute approximate surface area is 169 Å². The van der Waals surface area contributed by atoms with Crippen molar-refractivity contribution in [3.63, 3.8) is 0 Å². The Morgan fingerprint density at radius 1 is 0.931 bits per heavy atom. The molecular weight excluding hydrogens is 418 g/mol. The maximum absolute atomic E-state index is 12.6. The first-order valence-electron chi connectivity index (χ1n) is 8.34. The molecule has 2 aromatic carbocycles. The van der Waals surface area contributed by atoms with Gasteiger partial charge in [0.2, 0.25) is 21.8 Å². The molecule has 0 unspecified atom stereocenters. The molecule has 0 fully saturated rings. The van der Waals surface area contributed by atoms with E-state index in [4.69, 9.17) is 0 Å². The number of carbonyl (C=O) groups is 2. The van der Waals surface area contributed by atoms with E-state index in [0.717, 1.165) is 10.6 Å². The molecule has 2 N–H and O–H groups in total. The van der Waals surface area contributed by atoms with Gasteiger partial charge in [-0.15, -0.1) is 0 Å². The normalized spacial score (nSPS) is 11.9. The van der Waals surface area contributed by atoms with Crippen LogP contribution in [0.3, 0.4) is 0 Å². The van der Waals surface area contributed by atoms with Crippen molar-refractivity contribution in [1.29, 1.82) is 0 Å². The average Bonchev–Trinajstić information content (AvgIpc) is 2.61. The van der Waals surface area contributed by atoms with Gasteiger partial charge in [0, 0.05) is 25.9 Å². The molecule has 0 aliphatic carbocycles. The first-order valence-corrected chi connectivity index (χ1v) is 11.7. The lowest BCUT2D eigenvalue weighted by Crippen LogP contribution is -2.35. The minimum Gasteiger partial charge on any atom is -0.326 e. The molecule has 0 aliphatic rings. The number of benzene rings is 2. The highest BCUT2D eigenvalue weighted by atomic mass is 32.2. The number of hydrogen-bond donors (Lipinski definition) is 2. The van der Waals surface area contributed by atoms with Gasteiger partial charge in [-0.3, -0.25) is 9.59 Å². The number of nitrogens with one attached hydrogen (secondary N) is 2. The summed E-state index contributed by atoms with van der Waals surface area (Å²) in [4.78, 5) is 23.2. The quantitative estimate of drug-likeness (QED) is 0.669. The molecule has 0 atom stereocenters. The Morgan fingerprint density at radius 3 is 2.07 bits per heavy atom. The van der Waals surface area contributed by atoms with Crippen molar-refractivity contribution in [2.45, 2.75) is 16.7 Å². The van der Waals surface area contributed by atoms with Crippen LogP contribution < -0.4 is 10.6 Å². The number of rotatable bonds is 7. The second-order valence-electron chi connectivity index (χ2n) is 6.28. The third-order valence-corrected chi connectivity index (χ3v) is 6.78. The van der Waals surface area contributed by atoms with E-state index in [1.807, 2.05) is 0 Å². The standard InChI is InChI=1S/C18H21N3O6S2/c1-13(22)19-14-8-10-15(11-9-14)29(26,27)21(2)12-18(23)20-16-6-4-5-7-17(16)28(3,24)25/h4-11H,12H2,1-3H3,(H,19,22)(H,20,23). The van der Waals surface area contributed by atoms with E-state index < -0.39 is 32.3 Å². The van der Waals surface area contributed by atoms with Crippen LogP contribution in [0, 0.1) is 0 Å². The molecule has 9 nitrogen and oxygen atoms in total. The van der Waals surface area contributed by atoms with Gasteiger partial charge < -0.3 is 10.6 Å². The summed E-state index contributed by atoms with van der Waals surface area (Å²) in [5.74, 6) is -0.981. The van der Waals surface area contributed by atoms with Gasteiger partial charge in [0.05, 0.1) is 22.0 Å². The van der Waals surface area contributed by atoms with Crippen LogP contribution in [0.2, 0.25) is 0 Å². The number of anilines is 2. The average molecular weight is 440 g/mol. The summed E-state index contributed by atoms with van der Waals surface area (Å²) in [6.45, 7) is 0.812. The number of carbonyl (C=O) groups excluding carboxylic acids is 2. The summed E-state index contributed by atoms with van der Waals surface area (Å²) in [5.41, 5.74) is 0.514. The molecule has 0 spiro atoms. The Balaban J connectivity index is 2.14. The van der Waals surface area contributed by atoms with Crippen molar-refractivity contribution in [3.8, 4) is 0 Å². The van der Waals surface area contributed by atoms with Gasteiger partial charge in [-0.1, -0.05) is 12.1 Å². The Kier molecular flexibility index (Phi) is 6.77. The Bertz CT molecular complexity index is 1130. The van der Waals surface area contributed by atoms with Crippen LogP contribution in [-0.2, 0) is 29.4 Å². The highest BCUT2D eigenvalue weighted by Crippen LogP contribution is 2.21. The lowest BCUT2D eigenvalue weighted by Gasteiger charge is -2.18. The van der Waals surface area contributed by atoms with Crippen LogP contribution in [-0.4, -0.2) is 52.8 Å². The van der Waals surface area contributed by atoms with Crippen LogP contribution in [0.4, 0.5) is 11.4 Å². The van der Waals surface area contributed by atoms with Gasteiger partial charge in [0.25, 0.3) is 0 Å². The topological polar surface area (TPSA) is 130 Å². The van der Waals surface area contributed by atoms with Gasteiger partial charge in [-0.05, 0) is 36.4 Å². The van der Waals surface area contributed by atoms with Gasteiger partial charge >= 0.3 is 0 Å². The van der Waals surface area contributed by atoms with Crippen LogP contribution in [0.15, 0.2) is 58.3 Å². The van der Waals surface area contributed by atoms with Crippen molar-refractivity contribution in [1.82, 2.24) is 4.31 Å². The monoisotopic (exact) mass is 439 g/mol. The fourth-order valence-corrected chi connectivity index (χ4v) is 4.44. The zero-order valence-electron chi connectivity index (χ0n) is 16.0.